The van der Waals surface area contributed by atoms with Crippen molar-refractivity contribution < 1.29 is 14.1 Å². The highest BCUT2D eigenvalue weighted by Crippen LogP contribution is 2.21. The molecule has 1 aliphatic rings. The summed E-state index contributed by atoms with van der Waals surface area (Å²) in [6, 6.07) is 3.24. The zero-order valence-electron chi connectivity index (χ0n) is 10.6. The number of amides is 1. The first kappa shape index (κ1) is 14.7. The van der Waals surface area contributed by atoms with Gasteiger partial charge in [-0.3, -0.25) is 14.9 Å². The van der Waals surface area contributed by atoms with E-state index in [2.05, 4.69) is 10.6 Å². The molecule has 1 aromatic carbocycles. The third-order valence-corrected chi connectivity index (χ3v) is 4.00. The summed E-state index contributed by atoms with van der Waals surface area (Å²) in [4.78, 5) is 21.6. The molecule has 1 aliphatic heterocycles. The highest BCUT2D eigenvalue weighted by atomic mass is 32.2. The van der Waals surface area contributed by atoms with Gasteiger partial charge < -0.3 is 10.6 Å². The van der Waals surface area contributed by atoms with Crippen LogP contribution in [0.25, 0.3) is 0 Å². The minimum absolute atomic E-state index is 0.0379. The summed E-state index contributed by atoms with van der Waals surface area (Å²) in [6.07, 6.45) is 0.253. The monoisotopic (exact) mass is 299 g/mol. The quantitative estimate of drug-likeness (QED) is 0.654. The van der Waals surface area contributed by atoms with Crippen LogP contribution in [0, 0.1) is 15.9 Å². The Bertz CT molecular complexity index is 521. The van der Waals surface area contributed by atoms with Gasteiger partial charge in [0, 0.05) is 36.6 Å². The molecule has 1 atom stereocenters. The summed E-state index contributed by atoms with van der Waals surface area (Å²) in [6.45, 7) is 0.856. The van der Waals surface area contributed by atoms with Crippen LogP contribution in [0.3, 0.4) is 0 Å². The van der Waals surface area contributed by atoms with Gasteiger partial charge in [-0.25, -0.2) is 4.39 Å². The highest BCUT2D eigenvalue weighted by molar-refractivity contribution is 7.99. The molecular formula is C12H14FN3O3S. The summed E-state index contributed by atoms with van der Waals surface area (Å²) in [5, 5.41) is 16.1. The predicted molar refractivity (Wildman–Crippen MR) is 75.4 cm³/mol. The third kappa shape index (κ3) is 3.91. The number of benzene rings is 1. The fourth-order valence-corrected chi connectivity index (χ4v) is 2.84. The molecule has 1 saturated heterocycles. The average molecular weight is 299 g/mol. The van der Waals surface area contributed by atoms with Crippen LogP contribution in [0.4, 0.5) is 15.8 Å². The lowest BCUT2D eigenvalue weighted by Gasteiger charge is -2.22. The molecule has 0 bridgehead atoms. The normalized spacial score (nSPS) is 18.6. The van der Waals surface area contributed by atoms with Crippen molar-refractivity contribution in [3.8, 4) is 0 Å². The first-order valence-electron chi connectivity index (χ1n) is 6.11. The number of carbonyl (C=O) groups excluding carboxylic acids is 1. The second-order valence-electron chi connectivity index (χ2n) is 4.40. The Balaban J connectivity index is 1.95. The molecule has 2 rings (SSSR count). The van der Waals surface area contributed by atoms with Crippen molar-refractivity contribution in [3.05, 3.63) is 34.1 Å². The summed E-state index contributed by atoms with van der Waals surface area (Å²) in [5.41, 5.74) is -0.380. The van der Waals surface area contributed by atoms with Crippen molar-refractivity contribution in [1.82, 2.24) is 5.32 Å². The molecule has 0 aromatic heterocycles. The van der Waals surface area contributed by atoms with Gasteiger partial charge in [0.15, 0.2) is 5.82 Å². The number of non-ortho nitro benzene ring substituents is 1. The van der Waals surface area contributed by atoms with Gasteiger partial charge in [-0.15, -0.1) is 0 Å². The van der Waals surface area contributed by atoms with Gasteiger partial charge in [0.2, 0.25) is 5.91 Å². The first-order valence-corrected chi connectivity index (χ1v) is 7.26. The molecule has 0 saturated carbocycles. The second-order valence-corrected chi connectivity index (χ2v) is 5.55. The molecule has 0 radical (unpaired) electrons. The molecule has 0 aliphatic carbocycles. The van der Waals surface area contributed by atoms with E-state index in [0.717, 1.165) is 30.2 Å². The van der Waals surface area contributed by atoms with Crippen LogP contribution in [0.1, 0.15) is 6.42 Å². The fraction of sp³-hybridized carbons (Fsp3) is 0.417. The Kier molecular flexibility index (Phi) is 4.91. The van der Waals surface area contributed by atoms with Crippen molar-refractivity contribution in [3.63, 3.8) is 0 Å². The van der Waals surface area contributed by atoms with Crippen molar-refractivity contribution in [1.29, 1.82) is 0 Å². The number of halogens is 1. The molecule has 1 fully saturated rings. The smallest absolute Gasteiger partial charge is 0.272 e. The molecule has 1 amide bonds. The standard InChI is InChI=1S/C12H14FN3O3S/c13-10-6-9(16(18)19)1-2-11(10)15-12(17)5-8-7-20-4-3-14-8/h1-2,6,8,14H,3-5,7H2,(H,15,17). The number of hydrogen-bond donors (Lipinski definition) is 2. The summed E-state index contributed by atoms with van der Waals surface area (Å²) in [5.74, 6) is 0.752. The van der Waals surface area contributed by atoms with Gasteiger partial charge in [-0.2, -0.15) is 11.8 Å². The molecule has 2 N–H and O–H groups in total. The minimum atomic E-state index is -0.807. The van der Waals surface area contributed by atoms with E-state index >= 15 is 0 Å². The highest BCUT2D eigenvalue weighted by Gasteiger charge is 2.18. The van der Waals surface area contributed by atoms with Crippen molar-refractivity contribution in [2.75, 3.05) is 23.4 Å². The largest absolute Gasteiger partial charge is 0.324 e. The lowest BCUT2D eigenvalue weighted by molar-refractivity contribution is -0.385. The van der Waals surface area contributed by atoms with Crippen LogP contribution in [-0.4, -0.2) is 34.9 Å². The molecule has 6 nitrogen and oxygen atoms in total. The molecule has 108 valence electrons. The van der Waals surface area contributed by atoms with Gasteiger partial charge in [0.05, 0.1) is 16.7 Å². The fourth-order valence-electron chi connectivity index (χ4n) is 1.89. The van der Waals surface area contributed by atoms with Crippen molar-refractivity contribution in [2.45, 2.75) is 12.5 Å². The number of hydrogen-bond acceptors (Lipinski definition) is 5. The maximum absolute atomic E-state index is 13.6. The van der Waals surface area contributed by atoms with E-state index in [1.807, 2.05) is 0 Å². The first-order chi connectivity index (χ1) is 9.56. The van der Waals surface area contributed by atoms with Crippen molar-refractivity contribution >= 4 is 29.0 Å². The number of rotatable bonds is 4. The molecule has 1 heterocycles. The zero-order chi connectivity index (χ0) is 14.5. The van der Waals surface area contributed by atoms with Crippen LogP contribution < -0.4 is 10.6 Å². The van der Waals surface area contributed by atoms with Gasteiger partial charge >= 0.3 is 0 Å². The van der Waals surface area contributed by atoms with E-state index < -0.39 is 10.7 Å². The van der Waals surface area contributed by atoms with E-state index in [1.165, 1.54) is 6.07 Å². The van der Waals surface area contributed by atoms with E-state index in [9.17, 15) is 19.3 Å². The zero-order valence-corrected chi connectivity index (χ0v) is 11.4. The SMILES string of the molecule is O=C(CC1CSCCN1)Nc1ccc([N+](=O)[O-])cc1F. The summed E-state index contributed by atoms with van der Waals surface area (Å²) in [7, 11) is 0. The Morgan fingerprint density at radius 2 is 2.40 bits per heavy atom. The maximum atomic E-state index is 13.6. The molecule has 8 heteroatoms. The second kappa shape index (κ2) is 6.67. The summed E-state index contributed by atoms with van der Waals surface area (Å²) < 4.78 is 13.6. The lowest BCUT2D eigenvalue weighted by Crippen LogP contribution is -2.39. The summed E-state index contributed by atoms with van der Waals surface area (Å²) >= 11 is 1.77. The predicted octanol–water partition coefficient (Wildman–Crippen LogP) is 1.77. The van der Waals surface area contributed by atoms with Crippen LogP contribution in [0.15, 0.2) is 18.2 Å². The molecule has 20 heavy (non-hydrogen) atoms. The number of nitro benzene ring substituents is 1. The molecule has 1 unspecified atom stereocenters. The number of anilines is 1. The van der Waals surface area contributed by atoms with Gasteiger partial charge in [-0.05, 0) is 6.07 Å². The van der Waals surface area contributed by atoms with Crippen LogP contribution in [0.5, 0.6) is 0 Å². The molecular weight excluding hydrogens is 285 g/mol. The van der Waals surface area contributed by atoms with Crippen LogP contribution in [0.2, 0.25) is 0 Å². The maximum Gasteiger partial charge on any atom is 0.272 e. The van der Waals surface area contributed by atoms with Crippen molar-refractivity contribution in [2.24, 2.45) is 0 Å². The number of thioether (sulfide) groups is 1. The Labute approximate surface area is 119 Å². The van der Waals surface area contributed by atoms with Crippen LogP contribution in [-0.2, 0) is 4.79 Å². The third-order valence-electron chi connectivity index (χ3n) is 2.87. The Hall–Kier alpha value is -1.67. The topological polar surface area (TPSA) is 84.3 Å². The van der Waals surface area contributed by atoms with E-state index in [1.54, 1.807) is 11.8 Å². The lowest BCUT2D eigenvalue weighted by atomic mass is 10.2. The number of nitrogens with one attached hydrogen (secondary N) is 2. The van der Waals surface area contributed by atoms with Crippen LogP contribution >= 0.6 is 11.8 Å². The molecule has 0 spiro atoms. The minimum Gasteiger partial charge on any atom is -0.324 e. The van der Waals surface area contributed by atoms with Gasteiger partial charge in [0.25, 0.3) is 5.69 Å². The number of nitrogens with zero attached hydrogens (tertiary/aromatic N) is 1. The Morgan fingerprint density at radius 1 is 1.60 bits per heavy atom. The van der Waals surface area contributed by atoms with Gasteiger partial charge in [0.1, 0.15) is 0 Å². The molecule has 1 aromatic rings. The van der Waals surface area contributed by atoms with E-state index in [4.69, 9.17) is 0 Å². The van der Waals surface area contributed by atoms with E-state index in [-0.39, 0.29) is 29.7 Å². The van der Waals surface area contributed by atoms with Gasteiger partial charge in [-0.1, -0.05) is 0 Å². The average Bonchev–Trinajstić information content (AvgIpc) is 2.42. The number of carbonyl (C=O) groups is 1. The van der Waals surface area contributed by atoms with E-state index in [0.29, 0.717) is 0 Å². The Morgan fingerprint density at radius 3 is 3.00 bits per heavy atom. The number of nitro groups is 1.